The summed E-state index contributed by atoms with van der Waals surface area (Å²) in [6, 6.07) is 12.8. The zero-order valence-corrected chi connectivity index (χ0v) is 16.5. The number of nitrogens with zero attached hydrogens (tertiary/aromatic N) is 6. The van der Waals surface area contributed by atoms with Gasteiger partial charge in [-0.1, -0.05) is 29.5 Å². The lowest BCUT2D eigenvalue weighted by Gasteiger charge is -2.27. The molecule has 1 aromatic heterocycles. The molecule has 0 radical (unpaired) electrons. The Morgan fingerprint density at radius 3 is 2.52 bits per heavy atom. The van der Waals surface area contributed by atoms with Crippen LogP contribution in [0.3, 0.4) is 0 Å². The van der Waals surface area contributed by atoms with E-state index in [1.54, 1.807) is 11.8 Å². The van der Waals surface area contributed by atoms with Gasteiger partial charge < -0.3 is 4.90 Å². The number of hydrogen-bond acceptors (Lipinski definition) is 6. The maximum Gasteiger partial charge on any atom is 0.232 e. The molecule has 2 heterocycles. The molecule has 6 nitrogen and oxygen atoms in total. The van der Waals surface area contributed by atoms with Crippen LogP contribution in [0.5, 0.6) is 0 Å². The molecule has 0 aliphatic carbocycles. The molecule has 7 heteroatoms. The molecule has 0 spiro atoms. The fourth-order valence-electron chi connectivity index (χ4n) is 3.17. The predicted molar refractivity (Wildman–Crippen MR) is 107 cm³/mol. The minimum atomic E-state index is -0.156. The number of aryl methyl sites for hydroxylation is 1. The molecule has 1 saturated heterocycles. The highest BCUT2D eigenvalue weighted by Gasteiger charge is 2.22. The molecular formula is C20H24N6S. The van der Waals surface area contributed by atoms with Gasteiger partial charge in [0, 0.05) is 25.3 Å². The largest absolute Gasteiger partial charge is 0.341 e. The number of piperidine rings is 1. The second-order valence-electron chi connectivity index (χ2n) is 6.84. The van der Waals surface area contributed by atoms with E-state index in [9.17, 15) is 5.26 Å². The number of hydrogen-bond donors (Lipinski definition) is 0. The molecule has 1 aromatic carbocycles. The topological polar surface area (TPSA) is 81.5 Å². The van der Waals surface area contributed by atoms with E-state index in [-0.39, 0.29) is 5.92 Å². The summed E-state index contributed by atoms with van der Waals surface area (Å²) in [5, 5.41) is 27.8. The molecule has 27 heavy (non-hydrogen) atoms. The number of nitriles is 2. The molecule has 0 N–H and O–H groups in total. The molecule has 1 aliphatic heterocycles. The van der Waals surface area contributed by atoms with E-state index >= 15 is 0 Å². The van der Waals surface area contributed by atoms with E-state index < -0.39 is 0 Å². The summed E-state index contributed by atoms with van der Waals surface area (Å²) in [5.41, 5.74) is 2.25. The molecule has 1 fully saturated rings. The normalized spacial score (nSPS) is 15.1. The lowest BCUT2D eigenvalue weighted by molar-refractivity contribution is 0.564. The Bertz CT molecular complexity index is 824. The number of benzene rings is 1. The van der Waals surface area contributed by atoms with Crippen molar-refractivity contribution in [1.82, 2.24) is 14.8 Å². The van der Waals surface area contributed by atoms with Gasteiger partial charge in [0.1, 0.15) is 0 Å². The number of rotatable bonds is 7. The van der Waals surface area contributed by atoms with Crippen LogP contribution in [0.2, 0.25) is 0 Å². The van der Waals surface area contributed by atoms with E-state index in [4.69, 9.17) is 5.26 Å². The lowest BCUT2D eigenvalue weighted by Crippen LogP contribution is -2.31. The molecule has 0 amide bonds. The summed E-state index contributed by atoms with van der Waals surface area (Å²) in [6.45, 7) is 4.07. The Balaban J connectivity index is 1.87. The quantitative estimate of drug-likeness (QED) is 0.673. The van der Waals surface area contributed by atoms with Crippen molar-refractivity contribution in [3.05, 3.63) is 29.8 Å². The molecule has 1 atom stereocenters. The Morgan fingerprint density at radius 1 is 1.11 bits per heavy atom. The maximum atomic E-state index is 9.33. The standard InChI is InChI=1S/C20H24N6S/c1-16-7-9-18(10-8-16)26-19(25-12-3-2-4-13-25)23-24-20(26)27-15-17(14-22)6-5-11-21/h7-10,17H,2-6,12-13,15H2,1H3/t17-/m1/s1. The minimum absolute atomic E-state index is 0.156. The average Bonchev–Trinajstić information content (AvgIpc) is 3.13. The molecule has 0 saturated carbocycles. The summed E-state index contributed by atoms with van der Waals surface area (Å²) in [7, 11) is 0. The number of aromatic nitrogens is 3. The first-order valence-corrected chi connectivity index (χ1v) is 10.4. The first-order chi connectivity index (χ1) is 13.2. The van der Waals surface area contributed by atoms with Crippen molar-refractivity contribution >= 4 is 17.7 Å². The van der Waals surface area contributed by atoms with E-state index in [0.717, 1.165) is 29.9 Å². The molecule has 0 unspecified atom stereocenters. The van der Waals surface area contributed by atoms with Crippen LogP contribution < -0.4 is 4.90 Å². The van der Waals surface area contributed by atoms with Gasteiger partial charge >= 0.3 is 0 Å². The first-order valence-electron chi connectivity index (χ1n) is 9.39. The van der Waals surface area contributed by atoms with E-state index in [1.807, 2.05) is 0 Å². The number of anilines is 1. The zero-order chi connectivity index (χ0) is 19.1. The van der Waals surface area contributed by atoms with Crippen molar-refractivity contribution in [2.45, 2.75) is 44.2 Å². The first kappa shape index (κ1) is 19.3. The van der Waals surface area contributed by atoms with Crippen LogP contribution in [0, 0.1) is 35.5 Å². The van der Waals surface area contributed by atoms with Crippen LogP contribution in [0.15, 0.2) is 29.4 Å². The van der Waals surface area contributed by atoms with Crippen molar-refractivity contribution in [2.75, 3.05) is 23.7 Å². The third-order valence-corrected chi connectivity index (χ3v) is 5.84. The summed E-state index contributed by atoms with van der Waals surface area (Å²) >= 11 is 1.54. The van der Waals surface area contributed by atoms with Gasteiger partial charge in [-0.15, -0.1) is 10.2 Å². The monoisotopic (exact) mass is 380 g/mol. The highest BCUT2D eigenvalue weighted by atomic mass is 32.2. The van der Waals surface area contributed by atoms with Crippen LogP contribution in [0.25, 0.3) is 5.69 Å². The van der Waals surface area contributed by atoms with Crippen molar-refractivity contribution in [3.63, 3.8) is 0 Å². The van der Waals surface area contributed by atoms with Crippen LogP contribution >= 0.6 is 11.8 Å². The van der Waals surface area contributed by atoms with E-state index in [2.05, 4.69) is 63.0 Å². The van der Waals surface area contributed by atoms with Gasteiger partial charge in [-0.25, -0.2) is 0 Å². The average molecular weight is 381 g/mol. The van der Waals surface area contributed by atoms with Crippen molar-refractivity contribution in [1.29, 1.82) is 10.5 Å². The van der Waals surface area contributed by atoms with E-state index in [1.165, 1.54) is 24.8 Å². The molecule has 2 aromatic rings. The molecule has 0 bridgehead atoms. The van der Waals surface area contributed by atoms with Gasteiger partial charge in [0.15, 0.2) is 5.16 Å². The Labute approximate surface area is 164 Å². The van der Waals surface area contributed by atoms with Gasteiger partial charge in [0.25, 0.3) is 0 Å². The third kappa shape index (κ3) is 4.81. The lowest BCUT2D eigenvalue weighted by atomic mass is 10.1. The predicted octanol–water partition coefficient (Wildman–Crippen LogP) is 4.10. The summed E-state index contributed by atoms with van der Waals surface area (Å²) in [5.74, 6) is 1.34. The van der Waals surface area contributed by atoms with Gasteiger partial charge in [-0.05, 0) is 44.7 Å². The van der Waals surface area contributed by atoms with Gasteiger partial charge in [-0.2, -0.15) is 10.5 Å². The molecular weight excluding hydrogens is 356 g/mol. The number of thioether (sulfide) groups is 1. The molecule has 3 rings (SSSR count). The van der Waals surface area contributed by atoms with Crippen LogP contribution in [0.1, 0.15) is 37.7 Å². The molecule has 140 valence electrons. The highest BCUT2D eigenvalue weighted by molar-refractivity contribution is 7.99. The second-order valence-corrected chi connectivity index (χ2v) is 7.82. The smallest absolute Gasteiger partial charge is 0.232 e. The van der Waals surface area contributed by atoms with Crippen LogP contribution in [-0.2, 0) is 0 Å². The van der Waals surface area contributed by atoms with Crippen molar-refractivity contribution in [2.24, 2.45) is 5.92 Å². The van der Waals surface area contributed by atoms with Crippen LogP contribution in [0.4, 0.5) is 5.95 Å². The van der Waals surface area contributed by atoms with Gasteiger partial charge in [0.2, 0.25) is 5.95 Å². The highest BCUT2D eigenvalue weighted by Crippen LogP contribution is 2.30. The van der Waals surface area contributed by atoms with Crippen molar-refractivity contribution < 1.29 is 0 Å². The maximum absolute atomic E-state index is 9.33. The fourth-order valence-corrected chi connectivity index (χ4v) is 4.18. The summed E-state index contributed by atoms with van der Waals surface area (Å²) in [4.78, 5) is 2.30. The minimum Gasteiger partial charge on any atom is -0.341 e. The molecule has 1 aliphatic rings. The van der Waals surface area contributed by atoms with Gasteiger partial charge in [-0.3, -0.25) is 4.57 Å². The Hall–Kier alpha value is -2.51. The second kappa shape index (κ2) is 9.43. The fraction of sp³-hybridized carbons (Fsp3) is 0.500. The Morgan fingerprint density at radius 2 is 1.85 bits per heavy atom. The van der Waals surface area contributed by atoms with Gasteiger partial charge in [0.05, 0.1) is 23.7 Å². The van der Waals surface area contributed by atoms with Crippen LogP contribution in [-0.4, -0.2) is 33.6 Å². The summed E-state index contributed by atoms with van der Waals surface area (Å²) < 4.78 is 2.11. The van der Waals surface area contributed by atoms with Crippen molar-refractivity contribution in [3.8, 4) is 17.8 Å². The third-order valence-electron chi connectivity index (χ3n) is 4.75. The zero-order valence-electron chi connectivity index (χ0n) is 15.6. The SMILES string of the molecule is Cc1ccc(-n2c(SC[C@@H](C#N)CCC#N)nnc2N2CCCCC2)cc1. The Kier molecular flexibility index (Phi) is 6.73. The van der Waals surface area contributed by atoms with E-state index in [0.29, 0.717) is 18.6 Å². The summed E-state index contributed by atoms with van der Waals surface area (Å²) in [6.07, 6.45) is 4.61.